The number of halogens is 1. The maximum atomic E-state index is 12.2. The zero-order chi connectivity index (χ0) is 15.7. The Hall–Kier alpha value is -1.92. The van der Waals surface area contributed by atoms with Crippen LogP contribution in [0, 0.1) is 0 Å². The third-order valence-electron chi connectivity index (χ3n) is 3.59. The van der Waals surface area contributed by atoms with E-state index in [0.29, 0.717) is 17.5 Å². The van der Waals surface area contributed by atoms with Crippen LogP contribution in [-0.2, 0) is 0 Å². The average Bonchev–Trinajstić information content (AvgIpc) is 3.26. The van der Waals surface area contributed by atoms with Crippen LogP contribution in [0.3, 0.4) is 0 Å². The SMILES string of the molecule is C[C@@H](CN)NC(=O)c1nc(C2CC2)n(-c2ccccc2Cl)n1. The molecule has 2 aromatic rings. The molecule has 0 spiro atoms. The van der Waals surface area contributed by atoms with E-state index in [-0.39, 0.29) is 17.8 Å². The predicted molar refractivity (Wildman–Crippen MR) is 84.3 cm³/mol. The minimum Gasteiger partial charge on any atom is -0.346 e. The quantitative estimate of drug-likeness (QED) is 0.881. The van der Waals surface area contributed by atoms with Gasteiger partial charge in [0.25, 0.3) is 5.91 Å². The molecule has 1 saturated carbocycles. The minimum atomic E-state index is -0.314. The second-order valence-electron chi connectivity index (χ2n) is 5.54. The zero-order valence-corrected chi connectivity index (χ0v) is 13.0. The first-order valence-electron chi connectivity index (χ1n) is 7.33. The van der Waals surface area contributed by atoms with Crippen LogP contribution >= 0.6 is 11.6 Å². The lowest BCUT2D eigenvalue weighted by Crippen LogP contribution is -2.38. The molecule has 1 aliphatic carbocycles. The summed E-state index contributed by atoms with van der Waals surface area (Å²) in [6, 6.07) is 7.29. The summed E-state index contributed by atoms with van der Waals surface area (Å²) < 4.78 is 1.68. The Morgan fingerprint density at radius 3 is 2.86 bits per heavy atom. The van der Waals surface area contributed by atoms with E-state index in [1.165, 1.54) is 0 Å². The molecule has 6 nitrogen and oxygen atoms in total. The highest BCUT2D eigenvalue weighted by Gasteiger charge is 2.32. The van der Waals surface area contributed by atoms with Gasteiger partial charge in [0.15, 0.2) is 0 Å². The highest BCUT2D eigenvalue weighted by molar-refractivity contribution is 6.32. The Morgan fingerprint density at radius 1 is 1.50 bits per heavy atom. The summed E-state index contributed by atoms with van der Waals surface area (Å²) >= 11 is 6.25. The molecule has 3 N–H and O–H groups in total. The molecular weight excluding hydrogens is 302 g/mol. The number of amides is 1. The molecule has 1 amide bonds. The van der Waals surface area contributed by atoms with Gasteiger partial charge in [0.1, 0.15) is 5.82 Å². The molecule has 0 unspecified atom stereocenters. The summed E-state index contributed by atoms with van der Waals surface area (Å²) in [5.41, 5.74) is 6.26. The smallest absolute Gasteiger partial charge is 0.291 e. The number of nitrogens with zero attached hydrogens (tertiary/aromatic N) is 3. The van der Waals surface area contributed by atoms with Crippen molar-refractivity contribution in [2.45, 2.75) is 31.7 Å². The number of aromatic nitrogens is 3. The van der Waals surface area contributed by atoms with E-state index in [1.54, 1.807) is 10.7 Å². The van der Waals surface area contributed by atoms with Gasteiger partial charge in [-0.1, -0.05) is 23.7 Å². The fraction of sp³-hybridized carbons (Fsp3) is 0.400. The predicted octanol–water partition coefficient (Wildman–Crippen LogP) is 1.88. The van der Waals surface area contributed by atoms with E-state index < -0.39 is 0 Å². The summed E-state index contributed by atoms with van der Waals surface area (Å²) in [7, 11) is 0. The van der Waals surface area contributed by atoms with Gasteiger partial charge in [0, 0.05) is 18.5 Å². The van der Waals surface area contributed by atoms with Crippen LogP contribution < -0.4 is 11.1 Å². The Morgan fingerprint density at radius 2 is 2.23 bits per heavy atom. The number of carbonyl (C=O) groups is 1. The van der Waals surface area contributed by atoms with Gasteiger partial charge in [-0.2, -0.15) is 0 Å². The molecule has 0 bridgehead atoms. The lowest BCUT2D eigenvalue weighted by atomic mass is 10.3. The molecule has 116 valence electrons. The van der Waals surface area contributed by atoms with Gasteiger partial charge in [0.2, 0.25) is 5.82 Å². The summed E-state index contributed by atoms with van der Waals surface area (Å²) in [6.07, 6.45) is 2.12. The van der Waals surface area contributed by atoms with Gasteiger partial charge in [-0.3, -0.25) is 4.79 Å². The lowest BCUT2D eigenvalue weighted by Gasteiger charge is -2.08. The molecule has 0 radical (unpaired) electrons. The number of carbonyl (C=O) groups excluding carboxylic acids is 1. The van der Waals surface area contributed by atoms with Gasteiger partial charge in [-0.05, 0) is 31.9 Å². The molecule has 0 saturated heterocycles. The highest BCUT2D eigenvalue weighted by atomic mass is 35.5. The van der Waals surface area contributed by atoms with Crippen LogP contribution in [0.4, 0.5) is 0 Å². The van der Waals surface area contributed by atoms with Crippen molar-refractivity contribution < 1.29 is 4.79 Å². The first-order chi connectivity index (χ1) is 10.6. The van der Waals surface area contributed by atoms with Crippen molar-refractivity contribution in [3.05, 3.63) is 40.9 Å². The second-order valence-corrected chi connectivity index (χ2v) is 5.95. The molecule has 1 aromatic heterocycles. The number of hydrogen-bond acceptors (Lipinski definition) is 4. The molecule has 1 heterocycles. The van der Waals surface area contributed by atoms with Crippen LogP contribution in [0.1, 0.15) is 42.1 Å². The second kappa shape index (κ2) is 6.06. The fourth-order valence-corrected chi connectivity index (χ4v) is 2.39. The average molecular weight is 320 g/mol. The number of benzene rings is 1. The fourth-order valence-electron chi connectivity index (χ4n) is 2.17. The highest BCUT2D eigenvalue weighted by Crippen LogP contribution is 2.40. The Kier molecular flexibility index (Phi) is 4.13. The van der Waals surface area contributed by atoms with Crippen LogP contribution in [0.5, 0.6) is 0 Å². The van der Waals surface area contributed by atoms with Crippen molar-refractivity contribution in [1.29, 1.82) is 0 Å². The van der Waals surface area contributed by atoms with Gasteiger partial charge < -0.3 is 11.1 Å². The van der Waals surface area contributed by atoms with Crippen LogP contribution in [0.2, 0.25) is 5.02 Å². The normalized spacial score (nSPS) is 15.6. The summed E-state index contributed by atoms with van der Waals surface area (Å²) in [5.74, 6) is 0.976. The number of rotatable bonds is 5. The van der Waals surface area contributed by atoms with Crippen LogP contribution in [-0.4, -0.2) is 33.3 Å². The van der Waals surface area contributed by atoms with Crippen molar-refractivity contribution in [1.82, 2.24) is 20.1 Å². The van der Waals surface area contributed by atoms with Gasteiger partial charge >= 0.3 is 0 Å². The van der Waals surface area contributed by atoms with Crippen LogP contribution in [0.25, 0.3) is 5.69 Å². The summed E-state index contributed by atoms with van der Waals surface area (Å²) in [5, 5.41) is 7.71. The molecule has 22 heavy (non-hydrogen) atoms. The van der Waals surface area contributed by atoms with Crippen molar-refractivity contribution in [2.24, 2.45) is 5.73 Å². The molecular formula is C15H18ClN5O. The van der Waals surface area contributed by atoms with Crippen molar-refractivity contribution in [3.8, 4) is 5.69 Å². The topological polar surface area (TPSA) is 85.8 Å². The number of para-hydroxylation sites is 1. The van der Waals surface area contributed by atoms with E-state index in [4.69, 9.17) is 17.3 Å². The lowest BCUT2D eigenvalue weighted by molar-refractivity contribution is 0.0931. The minimum absolute atomic E-state index is 0.121. The largest absolute Gasteiger partial charge is 0.346 e. The van der Waals surface area contributed by atoms with E-state index in [2.05, 4.69) is 15.4 Å². The third kappa shape index (κ3) is 2.98. The maximum Gasteiger partial charge on any atom is 0.291 e. The van der Waals surface area contributed by atoms with Crippen molar-refractivity contribution >= 4 is 17.5 Å². The van der Waals surface area contributed by atoms with E-state index in [0.717, 1.165) is 24.4 Å². The molecule has 7 heteroatoms. The first-order valence-corrected chi connectivity index (χ1v) is 7.70. The number of hydrogen-bond donors (Lipinski definition) is 2. The molecule has 3 rings (SSSR count). The molecule has 0 aliphatic heterocycles. The van der Waals surface area contributed by atoms with E-state index >= 15 is 0 Å². The van der Waals surface area contributed by atoms with Crippen LogP contribution in [0.15, 0.2) is 24.3 Å². The molecule has 1 aromatic carbocycles. The van der Waals surface area contributed by atoms with Gasteiger partial charge in [-0.25, -0.2) is 9.67 Å². The molecule has 1 fully saturated rings. The Labute approximate surface area is 133 Å². The molecule has 1 aliphatic rings. The number of nitrogens with one attached hydrogen (secondary N) is 1. The molecule has 1 atom stereocenters. The van der Waals surface area contributed by atoms with Crippen molar-refractivity contribution in [2.75, 3.05) is 6.54 Å². The summed E-state index contributed by atoms with van der Waals surface area (Å²) in [4.78, 5) is 16.6. The van der Waals surface area contributed by atoms with Crippen molar-refractivity contribution in [3.63, 3.8) is 0 Å². The van der Waals surface area contributed by atoms with E-state index in [9.17, 15) is 4.79 Å². The third-order valence-corrected chi connectivity index (χ3v) is 3.91. The Bertz CT molecular complexity index is 695. The van der Waals surface area contributed by atoms with Gasteiger partial charge in [0.05, 0.1) is 10.7 Å². The first kappa shape index (κ1) is 15.0. The summed E-state index contributed by atoms with van der Waals surface area (Å²) in [6.45, 7) is 2.21. The Balaban J connectivity index is 1.97. The monoisotopic (exact) mass is 319 g/mol. The standard InChI is InChI=1S/C15H18ClN5O/c1-9(8-17)18-15(22)13-19-14(10-6-7-10)21(20-13)12-5-3-2-4-11(12)16/h2-5,9-10H,6-8,17H2,1H3,(H,18,22)/t9-/m0/s1. The van der Waals surface area contributed by atoms with Gasteiger partial charge in [-0.15, -0.1) is 5.10 Å². The zero-order valence-electron chi connectivity index (χ0n) is 12.3. The van der Waals surface area contributed by atoms with E-state index in [1.807, 2.05) is 25.1 Å². The number of nitrogens with two attached hydrogens (primary N) is 1. The maximum absolute atomic E-state index is 12.2.